The van der Waals surface area contributed by atoms with Crippen molar-refractivity contribution in [3.05, 3.63) is 52.0 Å². The van der Waals surface area contributed by atoms with Crippen LogP contribution >= 0.6 is 22.9 Å². The van der Waals surface area contributed by atoms with E-state index in [-0.39, 0.29) is 17.2 Å². The van der Waals surface area contributed by atoms with Crippen LogP contribution in [0.3, 0.4) is 0 Å². The molecular weight excluding hydrogens is 378 g/mol. The monoisotopic (exact) mass is 393 g/mol. The molecule has 3 aromatic rings. The number of rotatable bonds is 7. The van der Waals surface area contributed by atoms with Gasteiger partial charge >= 0.3 is 5.97 Å². The van der Waals surface area contributed by atoms with Crippen molar-refractivity contribution in [2.75, 3.05) is 13.7 Å². The Morgan fingerprint density at radius 2 is 2.19 bits per heavy atom. The molecule has 0 bridgehead atoms. The lowest BCUT2D eigenvalue weighted by atomic mass is 10.2. The van der Waals surface area contributed by atoms with Gasteiger partial charge in [0.15, 0.2) is 17.3 Å². The summed E-state index contributed by atoms with van der Waals surface area (Å²) in [5, 5.41) is 6.13. The Morgan fingerprint density at radius 1 is 1.35 bits per heavy atom. The number of carbonyl (C=O) groups excluding carboxylic acids is 1. The molecule has 0 spiro atoms. The van der Waals surface area contributed by atoms with E-state index >= 15 is 0 Å². The van der Waals surface area contributed by atoms with Gasteiger partial charge in [-0.25, -0.2) is 4.79 Å². The van der Waals surface area contributed by atoms with Gasteiger partial charge in [-0.2, -0.15) is 0 Å². The molecule has 0 amide bonds. The summed E-state index contributed by atoms with van der Waals surface area (Å²) in [6, 6.07) is 8.60. The van der Waals surface area contributed by atoms with Crippen LogP contribution in [0.4, 0.5) is 0 Å². The van der Waals surface area contributed by atoms with Crippen LogP contribution in [-0.2, 0) is 11.3 Å². The minimum atomic E-state index is -0.547. The zero-order chi connectivity index (χ0) is 18.5. The van der Waals surface area contributed by atoms with Crippen molar-refractivity contribution >= 4 is 28.9 Å². The molecule has 2 aromatic heterocycles. The van der Waals surface area contributed by atoms with Crippen LogP contribution in [0.5, 0.6) is 11.5 Å². The maximum absolute atomic E-state index is 12.3. The SMILES string of the molecule is CCOc1c(Cl)cc(C(=O)OCc2cc(-c3cccs3)on2)cc1OC. The van der Waals surface area contributed by atoms with Crippen molar-refractivity contribution in [3.8, 4) is 22.1 Å². The highest BCUT2D eigenvalue weighted by Gasteiger charge is 2.17. The van der Waals surface area contributed by atoms with Gasteiger partial charge in [-0.1, -0.05) is 22.8 Å². The average molecular weight is 394 g/mol. The van der Waals surface area contributed by atoms with Gasteiger partial charge in [0.2, 0.25) is 0 Å². The Hall–Kier alpha value is -2.51. The molecule has 8 heteroatoms. The van der Waals surface area contributed by atoms with Gasteiger partial charge in [0.1, 0.15) is 12.3 Å². The lowest BCUT2D eigenvalue weighted by Crippen LogP contribution is -2.07. The van der Waals surface area contributed by atoms with Crippen molar-refractivity contribution in [2.24, 2.45) is 0 Å². The summed E-state index contributed by atoms with van der Waals surface area (Å²) in [5.41, 5.74) is 0.781. The first kappa shape index (κ1) is 18.3. The standard InChI is InChI=1S/C18H16ClNO5S/c1-3-23-17-13(19)7-11(8-15(17)22-2)18(21)24-10-12-9-14(25-20-12)16-5-4-6-26-16/h4-9H,3,10H2,1-2H3. The molecule has 0 N–H and O–H groups in total. The summed E-state index contributed by atoms with van der Waals surface area (Å²) in [5.74, 6) is 0.851. The van der Waals surface area contributed by atoms with E-state index in [2.05, 4.69) is 5.16 Å². The maximum Gasteiger partial charge on any atom is 0.338 e. The number of esters is 1. The van der Waals surface area contributed by atoms with E-state index in [0.29, 0.717) is 29.6 Å². The Labute approximate surface area is 159 Å². The topological polar surface area (TPSA) is 70.8 Å². The van der Waals surface area contributed by atoms with Crippen LogP contribution in [0.25, 0.3) is 10.6 Å². The van der Waals surface area contributed by atoms with Crippen LogP contribution in [0.2, 0.25) is 5.02 Å². The largest absolute Gasteiger partial charge is 0.493 e. The first-order chi connectivity index (χ1) is 12.6. The van der Waals surface area contributed by atoms with Gasteiger partial charge in [0.05, 0.1) is 29.2 Å². The molecule has 0 fully saturated rings. The molecule has 0 unspecified atom stereocenters. The van der Waals surface area contributed by atoms with Crippen LogP contribution < -0.4 is 9.47 Å². The Bertz CT molecular complexity index is 891. The number of carbonyl (C=O) groups is 1. The summed E-state index contributed by atoms with van der Waals surface area (Å²) in [4.78, 5) is 13.3. The zero-order valence-electron chi connectivity index (χ0n) is 14.2. The van der Waals surface area contributed by atoms with E-state index in [0.717, 1.165) is 4.88 Å². The first-order valence-electron chi connectivity index (χ1n) is 7.79. The Balaban J connectivity index is 1.69. The summed E-state index contributed by atoms with van der Waals surface area (Å²) in [6.07, 6.45) is 0. The van der Waals surface area contributed by atoms with Gasteiger partial charge in [0.25, 0.3) is 0 Å². The fourth-order valence-electron chi connectivity index (χ4n) is 2.26. The number of benzene rings is 1. The van der Waals surface area contributed by atoms with Gasteiger partial charge in [-0.3, -0.25) is 0 Å². The molecule has 0 saturated heterocycles. The van der Waals surface area contributed by atoms with Crippen molar-refractivity contribution in [2.45, 2.75) is 13.5 Å². The van der Waals surface area contributed by atoms with Crippen LogP contribution in [0.15, 0.2) is 40.2 Å². The van der Waals surface area contributed by atoms with Crippen LogP contribution in [-0.4, -0.2) is 24.8 Å². The minimum absolute atomic E-state index is 0.0130. The minimum Gasteiger partial charge on any atom is -0.493 e. The number of halogens is 1. The number of aromatic nitrogens is 1. The van der Waals surface area contributed by atoms with Gasteiger partial charge in [-0.15, -0.1) is 11.3 Å². The predicted molar refractivity (Wildman–Crippen MR) is 98.1 cm³/mol. The molecular formula is C18H16ClNO5S. The Kier molecular flexibility index (Phi) is 5.80. The lowest BCUT2D eigenvalue weighted by molar-refractivity contribution is 0.0464. The zero-order valence-corrected chi connectivity index (χ0v) is 15.7. The van der Waals surface area contributed by atoms with Crippen molar-refractivity contribution < 1.29 is 23.5 Å². The number of thiophene rings is 1. The molecule has 1 aromatic carbocycles. The molecule has 0 saturated carbocycles. The van der Waals surface area contributed by atoms with E-state index in [1.165, 1.54) is 30.6 Å². The number of hydrogen-bond donors (Lipinski definition) is 0. The van der Waals surface area contributed by atoms with Gasteiger partial charge in [0, 0.05) is 6.07 Å². The van der Waals surface area contributed by atoms with E-state index < -0.39 is 5.97 Å². The predicted octanol–water partition coefficient (Wildman–Crippen LogP) is 4.82. The second-order valence-corrected chi connectivity index (χ2v) is 6.51. The number of nitrogens with zero attached hydrogens (tertiary/aromatic N) is 1. The van der Waals surface area contributed by atoms with E-state index in [1.54, 1.807) is 6.07 Å². The molecule has 3 rings (SSSR count). The molecule has 26 heavy (non-hydrogen) atoms. The quantitative estimate of drug-likeness (QED) is 0.536. The van der Waals surface area contributed by atoms with Crippen molar-refractivity contribution in [1.29, 1.82) is 0 Å². The third-order valence-electron chi connectivity index (χ3n) is 3.43. The highest BCUT2D eigenvalue weighted by atomic mass is 35.5. The fraction of sp³-hybridized carbons (Fsp3) is 0.222. The first-order valence-corrected chi connectivity index (χ1v) is 9.05. The number of ether oxygens (including phenoxy) is 3. The Morgan fingerprint density at radius 3 is 2.88 bits per heavy atom. The number of hydrogen-bond acceptors (Lipinski definition) is 7. The second kappa shape index (κ2) is 8.25. The van der Waals surface area contributed by atoms with Crippen LogP contribution in [0, 0.1) is 0 Å². The van der Waals surface area contributed by atoms with Crippen molar-refractivity contribution in [3.63, 3.8) is 0 Å². The third kappa shape index (κ3) is 4.00. The molecule has 2 heterocycles. The third-order valence-corrected chi connectivity index (χ3v) is 4.59. The van der Waals surface area contributed by atoms with Crippen molar-refractivity contribution in [1.82, 2.24) is 5.16 Å². The summed E-state index contributed by atoms with van der Waals surface area (Å²) in [7, 11) is 1.48. The van der Waals surface area contributed by atoms with Gasteiger partial charge in [-0.05, 0) is 30.5 Å². The van der Waals surface area contributed by atoms with Gasteiger partial charge < -0.3 is 18.7 Å². The molecule has 0 aliphatic rings. The molecule has 136 valence electrons. The van der Waals surface area contributed by atoms with E-state index in [9.17, 15) is 4.79 Å². The molecule has 0 atom stereocenters. The summed E-state index contributed by atoms with van der Waals surface area (Å²) < 4.78 is 21.2. The maximum atomic E-state index is 12.3. The highest BCUT2D eigenvalue weighted by Crippen LogP contribution is 2.36. The summed E-state index contributed by atoms with van der Waals surface area (Å²) >= 11 is 7.71. The average Bonchev–Trinajstić information content (AvgIpc) is 3.32. The molecule has 0 radical (unpaired) electrons. The van der Waals surface area contributed by atoms with E-state index in [1.807, 2.05) is 24.4 Å². The highest BCUT2D eigenvalue weighted by molar-refractivity contribution is 7.13. The smallest absolute Gasteiger partial charge is 0.338 e. The number of methoxy groups -OCH3 is 1. The normalized spacial score (nSPS) is 10.6. The fourth-order valence-corrected chi connectivity index (χ4v) is 3.20. The lowest BCUT2D eigenvalue weighted by Gasteiger charge is -2.12. The molecule has 0 aliphatic carbocycles. The second-order valence-electron chi connectivity index (χ2n) is 5.16. The van der Waals surface area contributed by atoms with Crippen LogP contribution in [0.1, 0.15) is 23.0 Å². The molecule has 0 aliphatic heterocycles. The van der Waals surface area contributed by atoms with E-state index in [4.69, 9.17) is 30.3 Å². The summed E-state index contributed by atoms with van der Waals surface area (Å²) in [6.45, 7) is 2.25. The molecule has 6 nitrogen and oxygen atoms in total.